The van der Waals surface area contributed by atoms with Gasteiger partial charge in [-0.1, -0.05) is 36.4 Å². The lowest BCUT2D eigenvalue weighted by molar-refractivity contribution is -0.144. The molecule has 6 nitrogen and oxygen atoms in total. The quantitative estimate of drug-likeness (QED) is 0.795. The van der Waals surface area contributed by atoms with E-state index in [9.17, 15) is 14.7 Å². The Kier molecular flexibility index (Phi) is 6.19. The molecule has 0 saturated carbocycles. The van der Waals surface area contributed by atoms with Crippen molar-refractivity contribution in [1.29, 1.82) is 0 Å². The zero-order valence-corrected chi connectivity index (χ0v) is 13.3. The second-order valence-corrected chi connectivity index (χ2v) is 5.07. The Bertz CT molecular complexity index is 700. The van der Waals surface area contributed by atoms with Gasteiger partial charge in [0.1, 0.15) is 12.4 Å². The summed E-state index contributed by atoms with van der Waals surface area (Å²) in [7, 11) is 1.25. The van der Waals surface area contributed by atoms with Crippen LogP contribution in [0.4, 0.5) is 10.5 Å². The van der Waals surface area contributed by atoms with E-state index in [0.29, 0.717) is 11.3 Å². The minimum Gasteiger partial charge on any atom is -0.508 e. The smallest absolute Gasteiger partial charge is 0.411 e. The highest BCUT2D eigenvalue weighted by Gasteiger charge is 2.13. The van der Waals surface area contributed by atoms with E-state index in [0.717, 1.165) is 5.56 Å². The van der Waals surface area contributed by atoms with Gasteiger partial charge in [0.15, 0.2) is 0 Å². The Balaban J connectivity index is 1.93. The Morgan fingerprint density at radius 2 is 1.83 bits per heavy atom. The number of benzene rings is 2. The highest BCUT2D eigenvalue weighted by molar-refractivity contribution is 5.86. The topological polar surface area (TPSA) is 84.9 Å². The molecule has 0 saturated heterocycles. The maximum absolute atomic E-state index is 11.9. The molecule has 2 aromatic rings. The van der Waals surface area contributed by atoms with Crippen molar-refractivity contribution in [3.63, 3.8) is 0 Å². The molecule has 0 atom stereocenters. The fourth-order valence-electron chi connectivity index (χ4n) is 2.15. The number of esters is 1. The molecule has 0 fully saturated rings. The van der Waals surface area contributed by atoms with Gasteiger partial charge in [-0.15, -0.1) is 0 Å². The molecule has 2 rings (SSSR count). The number of anilines is 1. The number of methoxy groups -OCH3 is 1. The van der Waals surface area contributed by atoms with Crippen LogP contribution in [0, 0.1) is 0 Å². The second kappa shape index (κ2) is 8.57. The van der Waals surface area contributed by atoms with Gasteiger partial charge < -0.3 is 14.6 Å². The molecular formula is C18H19NO5. The normalized spacial score (nSPS) is 10.0. The maximum Gasteiger partial charge on any atom is 0.411 e. The van der Waals surface area contributed by atoms with Crippen LogP contribution in [0.15, 0.2) is 48.5 Å². The first-order chi connectivity index (χ1) is 11.6. The third-order valence-corrected chi connectivity index (χ3v) is 3.40. The third kappa shape index (κ3) is 5.01. The average Bonchev–Trinajstić information content (AvgIpc) is 2.60. The predicted molar refractivity (Wildman–Crippen MR) is 88.7 cm³/mol. The lowest BCUT2D eigenvalue weighted by Crippen LogP contribution is -2.13. The Morgan fingerprint density at radius 3 is 2.54 bits per heavy atom. The molecule has 24 heavy (non-hydrogen) atoms. The van der Waals surface area contributed by atoms with E-state index >= 15 is 0 Å². The standard InChI is InChI=1S/C18H19NO5/c1-23-18(22)19-15-8-5-9-16(20)14(15)10-11-17(21)24-12-13-6-3-2-4-7-13/h2-9,20H,10-12H2,1H3,(H,19,22). The van der Waals surface area contributed by atoms with Crippen molar-refractivity contribution in [1.82, 2.24) is 0 Å². The number of phenolic OH excluding ortho intramolecular Hbond substituents is 1. The van der Waals surface area contributed by atoms with Gasteiger partial charge in [-0.05, 0) is 24.1 Å². The first kappa shape index (κ1) is 17.3. The molecule has 0 heterocycles. The van der Waals surface area contributed by atoms with E-state index in [2.05, 4.69) is 10.1 Å². The molecule has 2 N–H and O–H groups in total. The van der Waals surface area contributed by atoms with Crippen LogP contribution in [0.5, 0.6) is 5.75 Å². The van der Waals surface area contributed by atoms with Gasteiger partial charge >= 0.3 is 12.1 Å². The second-order valence-electron chi connectivity index (χ2n) is 5.07. The Labute approximate surface area is 140 Å². The number of carbonyl (C=O) groups excluding carboxylic acids is 2. The van der Waals surface area contributed by atoms with E-state index < -0.39 is 6.09 Å². The van der Waals surface area contributed by atoms with Gasteiger partial charge in [0.25, 0.3) is 0 Å². The van der Waals surface area contributed by atoms with Gasteiger partial charge in [-0.25, -0.2) is 4.79 Å². The fraction of sp³-hybridized carbons (Fsp3) is 0.222. The number of phenols is 1. The van der Waals surface area contributed by atoms with E-state index in [1.165, 1.54) is 13.2 Å². The molecule has 126 valence electrons. The molecule has 0 spiro atoms. The average molecular weight is 329 g/mol. The summed E-state index contributed by atoms with van der Waals surface area (Å²) in [6.07, 6.45) is -0.326. The number of amides is 1. The van der Waals surface area contributed by atoms with Crippen LogP contribution >= 0.6 is 0 Å². The first-order valence-electron chi connectivity index (χ1n) is 7.45. The van der Waals surface area contributed by atoms with Crippen LogP contribution in [0.3, 0.4) is 0 Å². The predicted octanol–water partition coefficient (Wildman–Crippen LogP) is 3.25. The molecular weight excluding hydrogens is 310 g/mol. The molecule has 0 aliphatic carbocycles. The van der Waals surface area contributed by atoms with Crippen molar-refractivity contribution in [2.24, 2.45) is 0 Å². The van der Waals surface area contributed by atoms with Crippen LogP contribution in [0.1, 0.15) is 17.5 Å². The molecule has 2 aromatic carbocycles. The maximum atomic E-state index is 11.9. The Morgan fingerprint density at radius 1 is 1.08 bits per heavy atom. The number of hydrogen-bond acceptors (Lipinski definition) is 5. The van der Waals surface area contributed by atoms with Gasteiger partial charge in [0, 0.05) is 12.0 Å². The number of carbonyl (C=O) groups is 2. The van der Waals surface area contributed by atoms with E-state index in [-0.39, 0.29) is 31.2 Å². The van der Waals surface area contributed by atoms with Crippen LogP contribution in [0.2, 0.25) is 0 Å². The zero-order chi connectivity index (χ0) is 17.4. The van der Waals surface area contributed by atoms with Crippen LogP contribution in [-0.4, -0.2) is 24.3 Å². The van der Waals surface area contributed by atoms with E-state index in [4.69, 9.17) is 4.74 Å². The summed E-state index contributed by atoms with van der Waals surface area (Å²) in [5.41, 5.74) is 1.76. The van der Waals surface area contributed by atoms with Gasteiger partial charge in [-0.3, -0.25) is 10.1 Å². The Hall–Kier alpha value is -3.02. The summed E-state index contributed by atoms with van der Waals surface area (Å²) in [6.45, 7) is 0.202. The zero-order valence-electron chi connectivity index (χ0n) is 13.3. The molecule has 1 amide bonds. The summed E-state index contributed by atoms with van der Waals surface area (Å²) in [5, 5.41) is 12.5. The summed E-state index contributed by atoms with van der Waals surface area (Å²) < 4.78 is 9.74. The number of hydrogen-bond donors (Lipinski definition) is 2. The molecule has 0 radical (unpaired) electrons. The summed E-state index contributed by atoms with van der Waals surface area (Å²) in [6, 6.07) is 14.1. The summed E-state index contributed by atoms with van der Waals surface area (Å²) in [4.78, 5) is 23.2. The number of ether oxygens (including phenoxy) is 2. The number of rotatable bonds is 6. The molecule has 0 aromatic heterocycles. The number of aromatic hydroxyl groups is 1. The van der Waals surface area contributed by atoms with Crippen molar-refractivity contribution in [3.8, 4) is 5.75 Å². The third-order valence-electron chi connectivity index (χ3n) is 3.40. The van der Waals surface area contributed by atoms with E-state index in [1.807, 2.05) is 30.3 Å². The van der Waals surface area contributed by atoms with E-state index in [1.54, 1.807) is 12.1 Å². The molecule has 0 bridgehead atoms. The lowest BCUT2D eigenvalue weighted by Gasteiger charge is -2.12. The molecule has 6 heteroatoms. The fourth-order valence-corrected chi connectivity index (χ4v) is 2.15. The summed E-state index contributed by atoms with van der Waals surface area (Å²) >= 11 is 0. The minimum atomic E-state index is -0.645. The van der Waals surface area contributed by atoms with Crippen molar-refractivity contribution in [2.45, 2.75) is 19.4 Å². The lowest BCUT2D eigenvalue weighted by atomic mass is 10.1. The highest BCUT2D eigenvalue weighted by atomic mass is 16.5. The van der Waals surface area contributed by atoms with Crippen molar-refractivity contribution >= 4 is 17.7 Å². The summed E-state index contributed by atoms with van der Waals surface area (Å²) in [5.74, 6) is -0.383. The van der Waals surface area contributed by atoms with Crippen LogP contribution < -0.4 is 5.32 Å². The number of nitrogens with one attached hydrogen (secondary N) is 1. The van der Waals surface area contributed by atoms with Crippen molar-refractivity contribution in [3.05, 3.63) is 59.7 Å². The molecule has 0 unspecified atom stereocenters. The van der Waals surface area contributed by atoms with Crippen LogP contribution in [0.25, 0.3) is 0 Å². The van der Waals surface area contributed by atoms with Gasteiger partial charge in [0.05, 0.1) is 12.8 Å². The minimum absolute atomic E-state index is 0.000220. The molecule has 0 aliphatic heterocycles. The van der Waals surface area contributed by atoms with Crippen LogP contribution in [-0.2, 0) is 27.3 Å². The van der Waals surface area contributed by atoms with Crippen molar-refractivity contribution < 1.29 is 24.2 Å². The van der Waals surface area contributed by atoms with Crippen molar-refractivity contribution in [2.75, 3.05) is 12.4 Å². The monoisotopic (exact) mass is 329 g/mol. The highest BCUT2D eigenvalue weighted by Crippen LogP contribution is 2.27. The van der Waals surface area contributed by atoms with Gasteiger partial charge in [0.2, 0.25) is 0 Å². The largest absolute Gasteiger partial charge is 0.508 e. The first-order valence-corrected chi connectivity index (χ1v) is 7.45. The SMILES string of the molecule is COC(=O)Nc1cccc(O)c1CCC(=O)OCc1ccccc1. The molecule has 0 aliphatic rings. The van der Waals surface area contributed by atoms with Gasteiger partial charge in [-0.2, -0.15) is 0 Å².